The van der Waals surface area contributed by atoms with E-state index in [1.165, 1.54) is 64.5 Å². The second-order valence-electron chi connectivity index (χ2n) is 6.40. The molecule has 0 aromatic heterocycles. The first-order valence-electron chi connectivity index (χ1n) is 8.23. The molecule has 2 aliphatic rings. The summed E-state index contributed by atoms with van der Waals surface area (Å²) in [5.74, 6) is 1.46. The topological polar surface area (TPSA) is 32.3 Å². The largest absolute Gasteiger partial charge is 0.359 e. The molecule has 0 radical (unpaired) electrons. The van der Waals surface area contributed by atoms with Crippen molar-refractivity contribution < 1.29 is 4.79 Å². The number of amides is 1. The number of rotatable bonds is 5. The summed E-state index contributed by atoms with van der Waals surface area (Å²) in [7, 11) is 1.75. The Balaban J connectivity index is 1.63. The van der Waals surface area contributed by atoms with Crippen LogP contribution in [0.15, 0.2) is 0 Å². The first-order valence-corrected chi connectivity index (χ1v) is 8.23. The van der Waals surface area contributed by atoms with E-state index >= 15 is 0 Å². The van der Waals surface area contributed by atoms with Crippen molar-refractivity contribution in [1.82, 2.24) is 10.2 Å². The van der Waals surface area contributed by atoms with Gasteiger partial charge in [0.15, 0.2) is 0 Å². The van der Waals surface area contributed by atoms with Crippen molar-refractivity contribution in [3.8, 4) is 0 Å². The molecule has 2 fully saturated rings. The van der Waals surface area contributed by atoms with Crippen LogP contribution in [0.2, 0.25) is 0 Å². The van der Waals surface area contributed by atoms with Crippen molar-refractivity contribution in [2.24, 2.45) is 11.8 Å². The molecule has 0 aromatic carbocycles. The Morgan fingerprint density at radius 2 is 1.95 bits per heavy atom. The average molecular weight is 266 g/mol. The average Bonchev–Trinajstić information content (AvgIpc) is 2.48. The Labute approximate surface area is 118 Å². The molecule has 1 atom stereocenters. The predicted molar refractivity (Wildman–Crippen MR) is 79.0 cm³/mol. The molecule has 1 saturated heterocycles. The van der Waals surface area contributed by atoms with E-state index in [0.29, 0.717) is 0 Å². The number of hydrogen-bond donors (Lipinski definition) is 1. The molecule has 0 bridgehead atoms. The van der Waals surface area contributed by atoms with Gasteiger partial charge in [-0.15, -0.1) is 0 Å². The lowest BCUT2D eigenvalue weighted by Gasteiger charge is -2.32. The monoisotopic (exact) mass is 266 g/mol. The second kappa shape index (κ2) is 7.88. The zero-order valence-corrected chi connectivity index (χ0v) is 12.5. The molecule has 1 amide bonds. The van der Waals surface area contributed by atoms with E-state index in [1.807, 2.05) is 0 Å². The summed E-state index contributed by atoms with van der Waals surface area (Å²) >= 11 is 0. The summed E-state index contributed by atoms with van der Waals surface area (Å²) in [5.41, 5.74) is 0. The molecule has 3 heteroatoms. The Kier molecular flexibility index (Phi) is 6.15. The number of likely N-dealkylation sites (tertiary alicyclic amines) is 1. The minimum atomic E-state index is 0.230. The molecule has 1 aliphatic heterocycles. The van der Waals surface area contributed by atoms with Gasteiger partial charge in [-0.3, -0.25) is 4.79 Å². The SMILES string of the molecule is CNC(=O)[C@@H]1CCCN(CCCC2CCCCC2)C1. The van der Waals surface area contributed by atoms with Crippen molar-refractivity contribution >= 4 is 5.91 Å². The van der Waals surface area contributed by atoms with Gasteiger partial charge in [0.2, 0.25) is 5.91 Å². The lowest BCUT2D eigenvalue weighted by molar-refractivity contribution is -0.126. The van der Waals surface area contributed by atoms with Crippen molar-refractivity contribution in [3.63, 3.8) is 0 Å². The maximum atomic E-state index is 11.7. The molecule has 3 nitrogen and oxygen atoms in total. The fourth-order valence-corrected chi connectivity index (χ4v) is 3.76. The van der Waals surface area contributed by atoms with Gasteiger partial charge in [0.05, 0.1) is 5.92 Å². The molecule has 0 spiro atoms. The van der Waals surface area contributed by atoms with Crippen LogP contribution in [0.3, 0.4) is 0 Å². The molecule has 2 rings (SSSR count). The van der Waals surface area contributed by atoms with Gasteiger partial charge in [-0.2, -0.15) is 0 Å². The summed E-state index contributed by atoms with van der Waals surface area (Å²) in [6.45, 7) is 3.37. The third-order valence-corrected chi connectivity index (χ3v) is 4.93. The zero-order chi connectivity index (χ0) is 13.5. The number of carbonyl (C=O) groups excluding carboxylic acids is 1. The molecule has 1 heterocycles. The van der Waals surface area contributed by atoms with Crippen LogP contribution >= 0.6 is 0 Å². The number of hydrogen-bond acceptors (Lipinski definition) is 2. The fraction of sp³-hybridized carbons (Fsp3) is 0.938. The second-order valence-corrected chi connectivity index (χ2v) is 6.40. The minimum Gasteiger partial charge on any atom is -0.359 e. The van der Waals surface area contributed by atoms with Crippen LogP contribution in [0.5, 0.6) is 0 Å². The summed E-state index contributed by atoms with van der Waals surface area (Å²) in [6, 6.07) is 0. The summed E-state index contributed by atoms with van der Waals surface area (Å²) < 4.78 is 0. The van der Waals surface area contributed by atoms with Crippen molar-refractivity contribution in [1.29, 1.82) is 0 Å². The minimum absolute atomic E-state index is 0.230. The third kappa shape index (κ3) is 4.79. The van der Waals surface area contributed by atoms with E-state index in [9.17, 15) is 4.79 Å². The lowest BCUT2D eigenvalue weighted by atomic mass is 9.86. The van der Waals surface area contributed by atoms with Crippen molar-refractivity contribution in [2.45, 2.75) is 57.8 Å². The predicted octanol–water partition coefficient (Wildman–Crippen LogP) is 2.80. The molecule has 0 unspecified atom stereocenters. The van der Waals surface area contributed by atoms with Crippen LogP contribution < -0.4 is 5.32 Å². The first-order chi connectivity index (χ1) is 9.29. The Bertz CT molecular complexity index is 274. The number of carbonyl (C=O) groups is 1. The van der Waals surface area contributed by atoms with Crippen molar-refractivity contribution in [2.75, 3.05) is 26.7 Å². The van der Waals surface area contributed by atoms with Gasteiger partial charge in [-0.1, -0.05) is 32.1 Å². The molecule has 19 heavy (non-hydrogen) atoms. The van der Waals surface area contributed by atoms with Gasteiger partial charge in [-0.05, 0) is 44.7 Å². The van der Waals surface area contributed by atoms with Crippen LogP contribution in [0.25, 0.3) is 0 Å². The highest BCUT2D eigenvalue weighted by Gasteiger charge is 2.24. The standard InChI is InChI=1S/C16H30N2O/c1-17-16(19)15-10-6-12-18(13-15)11-5-9-14-7-3-2-4-8-14/h14-15H,2-13H2,1H3,(H,17,19)/t15-/m1/s1. The van der Waals surface area contributed by atoms with E-state index in [-0.39, 0.29) is 11.8 Å². The van der Waals surface area contributed by atoms with Crippen LogP contribution in [-0.2, 0) is 4.79 Å². The third-order valence-electron chi connectivity index (χ3n) is 4.93. The van der Waals surface area contributed by atoms with E-state index in [2.05, 4.69) is 10.2 Å². The first kappa shape index (κ1) is 14.8. The fourth-order valence-electron chi connectivity index (χ4n) is 3.76. The quantitative estimate of drug-likeness (QED) is 0.830. The van der Waals surface area contributed by atoms with Gasteiger partial charge >= 0.3 is 0 Å². The molecular weight excluding hydrogens is 236 g/mol. The highest BCUT2D eigenvalue weighted by Crippen LogP contribution is 2.27. The summed E-state index contributed by atoms with van der Waals surface area (Å²) in [5, 5.41) is 2.80. The Morgan fingerprint density at radius 3 is 2.68 bits per heavy atom. The number of nitrogens with zero attached hydrogens (tertiary/aromatic N) is 1. The van der Waals surface area contributed by atoms with Gasteiger partial charge in [-0.25, -0.2) is 0 Å². The Morgan fingerprint density at radius 1 is 1.16 bits per heavy atom. The molecule has 1 aliphatic carbocycles. The Hall–Kier alpha value is -0.570. The lowest BCUT2D eigenvalue weighted by Crippen LogP contribution is -2.42. The molecule has 1 N–H and O–H groups in total. The molecule has 1 saturated carbocycles. The van der Waals surface area contributed by atoms with E-state index in [1.54, 1.807) is 7.05 Å². The van der Waals surface area contributed by atoms with Gasteiger partial charge in [0.25, 0.3) is 0 Å². The molecule has 110 valence electrons. The number of nitrogens with one attached hydrogen (secondary N) is 1. The van der Waals surface area contributed by atoms with E-state index in [0.717, 1.165) is 18.9 Å². The highest BCUT2D eigenvalue weighted by molar-refractivity contribution is 5.78. The van der Waals surface area contributed by atoms with E-state index in [4.69, 9.17) is 0 Å². The van der Waals surface area contributed by atoms with Gasteiger partial charge in [0, 0.05) is 13.6 Å². The van der Waals surface area contributed by atoms with E-state index < -0.39 is 0 Å². The van der Waals surface area contributed by atoms with Crippen LogP contribution in [-0.4, -0.2) is 37.5 Å². The number of piperidine rings is 1. The smallest absolute Gasteiger partial charge is 0.224 e. The molecule has 0 aromatic rings. The zero-order valence-electron chi connectivity index (χ0n) is 12.5. The molecular formula is C16H30N2O. The maximum absolute atomic E-state index is 11.7. The highest BCUT2D eigenvalue weighted by atomic mass is 16.1. The summed E-state index contributed by atoms with van der Waals surface area (Å²) in [6.07, 6.45) is 12.3. The van der Waals surface area contributed by atoms with Gasteiger partial charge < -0.3 is 10.2 Å². The van der Waals surface area contributed by atoms with Crippen molar-refractivity contribution in [3.05, 3.63) is 0 Å². The van der Waals surface area contributed by atoms with Crippen LogP contribution in [0.1, 0.15) is 57.8 Å². The maximum Gasteiger partial charge on any atom is 0.224 e. The summed E-state index contributed by atoms with van der Waals surface area (Å²) in [4.78, 5) is 14.2. The van der Waals surface area contributed by atoms with Crippen LogP contribution in [0.4, 0.5) is 0 Å². The van der Waals surface area contributed by atoms with Gasteiger partial charge in [0.1, 0.15) is 0 Å². The normalized spacial score (nSPS) is 26.3. The van der Waals surface area contributed by atoms with Crippen LogP contribution in [0, 0.1) is 11.8 Å².